The van der Waals surface area contributed by atoms with Gasteiger partial charge < -0.3 is 0 Å². The zero-order valence-electron chi connectivity index (χ0n) is 6.73. The van der Waals surface area contributed by atoms with Gasteiger partial charge in [-0.05, 0) is 0 Å². The Labute approximate surface area is 99.3 Å². The Morgan fingerprint density at radius 1 is 0.867 bits per heavy atom. The first kappa shape index (κ1) is 17.5. The first-order chi connectivity index (χ1) is 6.21. The summed E-state index contributed by atoms with van der Waals surface area (Å²) >= 11 is 0. The Morgan fingerprint density at radius 3 is 1.33 bits per heavy atom. The third-order valence-corrected chi connectivity index (χ3v) is 1.66. The maximum absolute atomic E-state index is 9.96. The Bertz CT molecular complexity index is 343. The van der Waals surface area contributed by atoms with Crippen LogP contribution in [0.3, 0.4) is 0 Å². The standard InChI is InChI=1S/C4H8O8S2.Li.H/c5-13(6,7)11-3-1-2-4-12-14(8,9)10;;/h1-2H,3-4H2,(H,5,6,7)(H,8,9,10);;/b2-1+;;. The molecule has 0 spiro atoms. The molecule has 0 aromatic rings. The van der Waals surface area contributed by atoms with Gasteiger partial charge in [0.2, 0.25) is 0 Å². The second-order valence-electron chi connectivity index (χ2n) is 1.90. The van der Waals surface area contributed by atoms with Crippen LogP contribution in [0.5, 0.6) is 0 Å². The SMILES string of the molecule is O=S(=O)(O)OC/C=C/COS(=O)(=O)O.[LiH]. The van der Waals surface area contributed by atoms with E-state index in [9.17, 15) is 16.8 Å². The van der Waals surface area contributed by atoms with Crippen LogP contribution in [0.25, 0.3) is 0 Å². The Kier molecular flexibility index (Phi) is 8.58. The molecule has 0 amide bonds. The van der Waals surface area contributed by atoms with Crippen molar-refractivity contribution in [1.82, 2.24) is 0 Å². The molecule has 0 rings (SSSR count). The van der Waals surface area contributed by atoms with Crippen LogP contribution in [-0.4, -0.2) is 58.0 Å². The number of hydrogen-bond acceptors (Lipinski definition) is 6. The van der Waals surface area contributed by atoms with Gasteiger partial charge in [-0.25, -0.2) is 8.37 Å². The maximum atomic E-state index is 9.96. The number of rotatable bonds is 6. The van der Waals surface area contributed by atoms with E-state index >= 15 is 0 Å². The minimum absolute atomic E-state index is 0. The molecule has 0 aromatic heterocycles. The molecule has 0 saturated heterocycles. The van der Waals surface area contributed by atoms with E-state index in [0.29, 0.717) is 0 Å². The first-order valence-corrected chi connectivity index (χ1v) is 5.82. The Balaban J connectivity index is 0. The van der Waals surface area contributed by atoms with E-state index in [1.165, 1.54) is 0 Å². The van der Waals surface area contributed by atoms with E-state index in [0.717, 1.165) is 12.2 Å². The van der Waals surface area contributed by atoms with Gasteiger partial charge >= 0.3 is 39.7 Å². The predicted octanol–water partition coefficient (Wildman–Crippen LogP) is -1.47. The molecule has 0 saturated carbocycles. The zero-order valence-corrected chi connectivity index (χ0v) is 8.36. The van der Waals surface area contributed by atoms with Gasteiger partial charge in [0.15, 0.2) is 0 Å². The van der Waals surface area contributed by atoms with Crippen LogP contribution in [0, 0.1) is 0 Å². The van der Waals surface area contributed by atoms with E-state index in [2.05, 4.69) is 8.37 Å². The van der Waals surface area contributed by atoms with Crippen molar-refractivity contribution in [3.8, 4) is 0 Å². The van der Waals surface area contributed by atoms with Gasteiger partial charge in [0.25, 0.3) is 0 Å². The summed E-state index contributed by atoms with van der Waals surface area (Å²) in [5, 5.41) is 0. The minimum atomic E-state index is -4.50. The molecule has 15 heavy (non-hydrogen) atoms. The summed E-state index contributed by atoms with van der Waals surface area (Å²) in [6.45, 7) is -0.929. The molecule has 0 heterocycles. The summed E-state index contributed by atoms with van der Waals surface area (Å²) in [5.74, 6) is 0. The van der Waals surface area contributed by atoms with Crippen molar-refractivity contribution in [2.75, 3.05) is 13.2 Å². The third kappa shape index (κ3) is 16.7. The fourth-order valence-corrected chi connectivity index (χ4v) is 0.888. The summed E-state index contributed by atoms with van der Waals surface area (Å²) in [6, 6.07) is 0. The van der Waals surface area contributed by atoms with Crippen LogP contribution in [0.15, 0.2) is 12.2 Å². The van der Waals surface area contributed by atoms with E-state index in [1.54, 1.807) is 0 Å². The second kappa shape index (κ2) is 7.37. The molecule has 0 radical (unpaired) electrons. The average Bonchev–Trinajstić information content (AvgIpc) is 1.92. The van der Waals surface area contributed by atoms with Gasteiger partial charge in [-0.3, -0.25) is 9.11 Å². The molecule has 8 nitrogen and oxygen atoms in total. The molecule has 0 aliphatic carbocycles. The quantitative estimate of drug-likeness (QED) is 0.335. The van der Waals surface area contributed by atoms with Crippen molar-refractivity contribution >= 4 is 39.7 Å². The van der Waals surface area contributed by atoms with Gasteiger partial charge in [-0.15, -0.1) is 0 Å². The van der Waals surface area contributed by atoms with Gasteiger partial charge in [0, 0.05) is 0 Å². The molecule has 2 N–H and O–H groups in total. The van der Waals surface area contributed by atoms with Crippen molar-refractivity contribution in [1.29, 1.82) is 0 Å². The fourth-order valence-electron chi connectivity index (χ4n) is 0.387. The van der Waals surface area contributed by atoms with E-state index in [1.807, 2.05) is 0 Å². The normalized spacial score (nSPS) is 12.7. The predicted molar refractivity (Wildman–Crippen MR) is 51.3 cm³/mol. The summed E-state index contributed by atoms with van der Waals surface area (Å²) in [4.78, 5) is 0. The summed E-state index contributed by atoms with van der Waals surface area (Å²) in [5.41, 5.74) is 0. The van der Waals surface area contributed by atoms with Gasteiger partial charge in [-0.1, -0.05) is 12.2 Å². The van der Waals surface area contributed by atoms with Crippen molar-refractivity contribution in [3.05, 3.63) is 12.2 Å². The van der Waals surface area contributed by atoms with Gasteiger partial charge in [0.05, 0.1) is 13.2 Å². The van der Waals surface area contributed by atoms with Crippen LogP contribution >= 0.6 is 0 Å². The molecule has 0 atom stereocenters. The van der Waals surface area contributed by atoms with Gasteiger partial charge in [0.1, 0.15) is 0 Å². The van der Waals surface area contributed by atoms with E-state index in [-0.39, 0.29) is 18.9 Å². The van der Waals surface area contributed by atoms with Crippen LogP contribution in [0.1, 0.15) is 0 Å². The Morgan fingerprint density at radius 2 is 1.13 bits per heavy atom. The van der Waals surface area contributed by atoms with E-state index < -0.39 is 34.0 Å². The molecular formula is C4H9LiO8S2. The van der Waals surface area contributed by atoms with Crippen molar-refractivity contribution in [3.63, 3.8) is 0 Å². The molecule has 0 aliphatic rings. The molecule has 0 fully saturated rings. The fraction of sp³-hybridized carbons (Fsp3) is 0.500. The molecule has 0 bridgehead atoms. The van der Waals surface area contributed by atoms with Crippen molar-refractivity contribution in [2.45, 2.75) is 0 Å². The third-order valence-electron chi connectivity index (χ3n) is 0.793. The summed E-state index contributed by atoms with van der Waals surface area (Å²) < 4.78 is 63.6. The van der Waals surface area contributed by atoms with Crippen LogP contribution < -0.4 is 0 Å². The molecule has 0 aromatic carbocycles. The topological polar surface area (TPSA) is 127 Å². The second-order valence-corrected chi connectivity index (χ2v) is 4.08. The molecule has 11 heteroatoms. The van der Waals surface area contributed by atoms with Crippen LogP contribution in [0.4, 0.5) is 0 Å². The number of hydrogen-bond donors (Lipinski definition) is 2. The molecule has 0 unspecified atom stereocenters. The van der Waals surface area contributed by atoms with E-state index in [4.69, 9.17) is 9.11 Å². The summed E-state index contributed by atoms with van der Waals surface area (Å²) in [7, 11) is -9.00. The van der Waals surface area contributed by atoms with Gasteiger partial charge in [-0.2, -0.15) is 16.8 Å². The van der Waals surface area contributed by atoms with Crippen LogP contribution in [0.2, 0.25) is 0 Å². The zero-order chi connectivity index (χ0) is 11.2. The molecule has 86 valence electrons. The van der Waals surface area contributed by atoms with Crippen LogP contribution in [-0.2, 0) is 29.2 Å². The van der Waals surface area contributed by atoms with Crippen molar-refractivity contribution < 1.29 is 34.3 Å². The Hall–Kier alpha value is 0.0774. The monoisotopic (exact) mass is 256 g/mol. The average molecular weight is 256 g/mol. The summed E-state index contributed by atoms with van der Waals surface area (Å²) in [6.07, 6.45) is 2.16. The first-order valence-electron chi connectivity index (χ1n) is 3.09. The molecular weight excluding hydrogens is 247 g/mol. The molecule has 0 aliphatic heterocycles. The van der Waals surface area contributed by atoms with Crippen molar-refractivity contribution in [2.24, 2.45) is 0 Å².